The smallest absolute Gasteiger partial charge is 0.337 e. The Hall–Kier alpha value is -1.51. The summed E-state index contributed by atoms with van der Waals surface area (Å²) in [6, 6.07) is 7.05. The minimum absolute atomic E-state index is 0.321. The van der Waals surface area contributed by atoms with E-state index in [4.69, 9.17) is 4.74 Å². The van der Waals surface area contributed by atoms with Crippen LogP contribution in [0.5, 0.6) is 5.75 Å². The van der Waals surface area contributed by atoms with Gasteiger partial charge >= 0.3 is 5.97 Å². The highest BCUT2D eigenvalue weighted by molar-refractivity contribution is 5.89. The van der Waals surface area contributed by atoms with Gasteiger partial charge in [0.25, 0.3) is 0 Å². The summed E-state index contributed by atoms with van der Waals surface area (Å²) in [6.45, 7) is 5.11. The van der Waals surface area contributed by atoms with Crippen molar-refractivity contribution in [1.29, 1.82) is 0 Å². The summed E-state index contributed by atoms with van der Waals surface area (Å²) in [6.07, 6.45) is 3.65. The number of rotatable bonds is 7. The summed E-state index contributed by atoms with van der Waals surface area (Å²) in [5.41, 5.74) is 0.545. The number of methoxy groups -OCH3 is 1. The predicted octanol–water partition coefficient (Wildman–Crippen LogP) is 3.68. The molecular weight excluding hydrogens is 228 g/mol. The van der Waals surface area contributed by atoms with E-state index < -0.39 is 0 Å². The predicted molar refractivity (Wildman–Crippen MR) is 72.0 cm³/mol. The van der Waals surface area contributed by atoms with Crippen LogP contribution < -0.4 is 4.74 Å². The first-order valence-corrected chi connectivity index (χ1v) is 6.48. The van der Waals surface area contributed by atoms with E-state index in [1.807, 2.05) is 0 Å². The third kappa shape index (κ3) is 4.78. The second-order valence-corrected chi connectivity index (χ2v) is 4.57. The number of unbranched alkanes of at least 4 members (excludes halogenated alkanes) is 1. The SMILES string of the molecule is CCCCC(C)COc1ccc(C(=O)OC)cc1. The molecule has 0 aliphatic rings. The molecule has 3 heteroatoms. The Kier molecular flexibility index (Phi) is 6.26. The zero-order chi connectivity index (χ0) is 13.4. The normalized spacial score (nSPS) is 11.9. The number of carbonyl (C=O) groups is 1. The molecule has 0 saturated carbocycles. The maximum Gasteiger partial charge on any atom is 0.337 e. The molecule has 0 saturated heterocycles. The maximum atomic E-state index is 11.2. The van der Waals surface area contributed by atoms with Crippen molar-refractivity contribution in [3.05, 3.63) is 29.8 Å². The summed E-state index contributed by atoms with van der Waals surface area (Å²) >= 11 is 0. The van der Waals surface area contributed by atoms with Crippen LogP contribution in [-0.4, -0.2) is 19.7 Å². The molecular formula is C15H22O3. The zero-order valence-corrected chi connectivity index (χ0v) is 11.4. The highest BCUT2D eigenvalue weighted by atomic mass is 16.5. The Labute approximate surface area is 109 Å². The number of hydrogen-bond acceptors (Lipinski definition) is 3. The lowest BCUT2D eigenvalue weighted by Gasteiger charge is -2.12. The van der Waals surface area contributed by atoms with Crippen molar-refractivity contribution in [1.82, 2.24) is 0 Å². The maximum absolute atomic E-state index is 11.2. The van der Waals surface area contributed by atoms with Crippen LogP contribution in [0.1, 0.15) is 43.5 Å². The molecule has 0 radical (unpaired) electrons. The van der Waals surface area contributed by atoms with Crippen LogP contribution in [0.25, 0.3) is 0 Å². The van der Waals surface area contributed by atoms with Crippen LogP contribution in [0, 0.1) is 5.92 Å². The molecule has 1 aromatic carbocycles. The third-order valence-corrected chi connectivity index (χ3v) is 2.86. The fraction of sp³-hybridized carbons (Fsp3) is 0.533. The van der Waals surface area contributed by atoms with E-state index in [0.717, 1.165) is 12.4 Å². The van der Waals surface area contributed by atoms with Gasteiger partial charge in [0.2, 0.25) is 0 Å². The molecule has 1 unspecified atom stereocenters. The van der Waals surface area contributed by atoms with E-state index in [-0.39, 0.29) is 5.97 Å². The molecule has 0 aliphatic heterocycles. The molecule has 3 nitrogen and oxygen atoms in total. The van der Waals surface area contributed by atoms with Gasteiger partial charge in [0.05, 0.1) is 19.3 Å². The fourth-order valence-corrected chi connectivity index (χ4v) is 1.68. The van der Waals surface area contributed by atoms with Gasteiger partial charge in [0.1, 0.15) is 5.75 Å². The van der Waals surface area contributed by atoms with Gasteiger partial charge in [0, 0.05) is 0 Å². The van der Waals surface area contributed by atoms with Crippen LogP contribution in [0.15, 0.2) is 24.3 Å². The van der Waals surface area contributed by atoms with Crippen molar-refractivity contribution < 1.29 is 14.3 Å². The Morgan fingerprint density at radius 3 is 2.50 bits per heavy atom. The molecule has 1 rings (SSSR count). The fourth-order valence-electron chi connectivity index (χ4n) is 1.68. The van der Waals surface area contributed by atoms with Crippen molar-refractivity contribution in [2.24, 2.45) is 5.92 Å². The van der Waals surface area contributed by atoms with E-state index in [2.05, 4.69) is 18.6 Å². The Morgan fingerprint density at radius 2 is 1.94 bits per heavy atom. The molecule has 0 N–H and O–H groups in total. The van der Waals surface area contributed by atoms with Gasteiger partial charge in [-0.2, -0.15) is 0 Å². The van der Waals surface area contributed by atoms with Crippen molar-refractivity contribution >= 4 is 5.97 Å². The van der Waals surface area contributed by atoms with E-state index in [9.17, 15) is 4.79 Å². The van der Waals surface area contributed by atoms with Crippen LogP contribution in [0.2, 0.25) is 0 Å². The van der Waals surface area contributed by atoms with Gasteiger partial charge < -0.3 is 9.47 Å². The first-order valence-electron chi connectivity index (χ1n) is 6.48. The quantitative estimate of drug-likeness (QED) is 0.692. The average Bonchev–Trinajstić information content (AvgIpc) is 2.42. The Balaban J connectivity index is 2.41. The van der Waals surface area contributed by atoms with Gasteiger partial charge in [-0.05, 0) is 36.6 Å². The zero-order valence-electron chi connectivity index (χ0n) is 11.4. The van der Waals surface area contributed by atoms with Crippen molar-refractivity contribution in [2.75, 3.05) is 13.7 Å². The molecule has 1 atom stereocenters. The summed E-state index contributed by atoms with van der Waals surface area (Å²) in [5.74, 6) is 1.04. The molecule has 0 amide bonds. The van der Waals surface area contributed by atoms with Gasteiger partial charge in [-0.25, -0.2) is 4.79 Å². The minimum atomic E-state index is -0.321. The summed E-state index contributed by atoms with van der Waals surface area (Å²) < 4.78 is 10.3. The number of ether oxygens (including phenoxy) is 2. The highest BCUT2D eigenvalue weighted by Gasteiger charge is 2.06. The average molecular weight is 250 g/mol. The standard InChI is InChI=1S/C15H22O3/c1-4-5-6-12(2)11-18-14-9-7-13(8-10-14)15(16)17-3/h7-10,12H,4-6,11H2,1-3H3. The molecule has 1 aromatic rings. The Bertz CT molecular complexity index is 357. The number of esters is 1. The van der Waals surface area contributed by atoms with Crippen LogP contribution in [-0.2, 0) is 4.74 Å². The number of carbonyl (C=O) groups excluding carboxylic acids is 1. The van der Waals surface area contributed by atoms with Crippen molar-refractivity contribution in [2.45, 2.75) is 33.1 Å². The van der Waals surface area contributed by atoms with Crippen molar-refractivity contribution in [3.63, 3.8) is 0 Å². The van der Waals surface area contributed by atoms with Gasteiger partial charge in [0.15, 0.2) is 0 Å². The summed E-state index contributed by atoms with van der Waals surface area (Å²) in [4.78, 5) is 11.2. The molecule has 0 fully saturated rings. The molecule has 0 heterocycles. The van der Waals surface area contributed by atoms with Crippen LogP contribution in [0.3, 0.4) is 0 Å². The largest absolute Gasteiger partial charge is 0.493 e. The molecule has 100 valence electrons. The Morgan fingerprint density at radius 1 is 1.28 bits per heavy atom. The van der Waals surface area contributed by atoms with Crippen molar-refractivity contribution in [3.8, 4) is 5.75 Å². The second-order valence-electron chi connectivity index (χ2n) is 4.57. The summed E-state index contributed by atoms with van der Waals surface area (Å²) in [7, 11) is 1.38. The van der Waals surface area contributed by atoms with E-state index in [0.29, 0.717) is 11.5 Å². The minimum Gasteiger partial charge on any atom is -0.493 e. The topological polar surface area (TPSA) is 35.5 Å². The van der Waals surface area contributed by atoms with Crippen LogP contribution in [0.4, 0.5) is 0 Å². The lowest BCUT2D eigenvalue weighted by atomic mass is 10.1. The van der Waals surface area contributed by atoms with E-state index in [1.165, 1.54) is 26.4 Å². The van der Waals surface area contributed by atoms with Gasteiger partial charge in [-0.1, -0.05) is 26.7 Å². The molecule has 0 aromatic heterocycles. The number of hydrogen-bond donors (Lipinski definition) is 0. The summed E-state index contributed by atoms with van der Waals surface area (Å²) in [5, 5.41) is 0. The molecule has 0 aliphatic carbocycles. The third-order valence-electron chi connectivity index (χ3n) is 2.86. The van der Waals surface area contributed by atoms with Crippen LogP contribution >= 0.6 is 0 Å². The van der Waals surface area contributed by atoms with E-state index >= 15 is 0 Å². The first-order chi connectivity index (χ1) is 8.67. The second kappa shape index (κ2) is 7.75. The van der Waals surface area contributed by atoms with Gasteiger partial charge in [-0.15, -0.1) is 0 Å². The monoisotopic (exact) mass is 250 g/mol. The number of benzene rings is 1. The highest BCUT2D eigenvalue weighted by Crippen LogP contribution is 2.15. The first kappa shape index (κ1) is 14.6. The molecule has 0 spiro atoms. The lowest BCUT2D eigenvalue weighted by Crippen LogP contribution is -2.08. The van der Waals surface area contributed by atoms with E-state index in [1.54, 1.807) is 24.3 Å². The molecule has 18 heavy (non-hydrogen) atoms. The molecule has 0 bridgehead atoms. The lowest BCUT2D eigenvalue weighted by molar-refractivity contribution is 0.0600. The van der Waals surface area contributed by atoms with Gasteiger partial charge in [-0.3, -0.25) is 0 Å².